The van der Waals surface area contributed by atoms with Gasteiger partial charge in [0.1, 0.15) is 12.4 Å². The van der Waals surface area contributed by atoms with Crippen molar-refractivity contribution in [1.29, 1.82) is 0 Å². The molecular formula is C32H63N2+. The molecule has 0 bridgehead atoms. The second kappa shape index (κ2) is 23.9. The van der Waals surface area contributed by atoms with Gasteiger partial charge in [-0.15, -0.1) is 0 Å². The van der Waals surface area contributed by atoms with E-state index in [1.807, 2.05) is 0 Å². The van der Waals surface area contributed by atoms with Gasteiger partial charge in [-0.05, 0) is 32.1 Å². The van der Waals surface area contributed by atoms with Crippen LogP contribution in [0.5, 0.6) is 0 Å². The molecule has 1 rings (SSSR count). The lowest BCUT2D eigenvalue weighted by molar-refractivity contribution is -0.704. The van der Waals surface area contributed by atoms with E-state index in [0.717, 1.165) is 0 Å². The fourth-order valence-electron chi connectivity index (χ4n) is 5.26. The molecule has 2 nitrogen and oxygen atoms in total. The van der Waals surface area contributed by atoms with Crippen molar-refractivity contribution in [3.05, 3.63) is 18.2 Å². The van der Waals surface area contributed by atoms with E-state index < -0.39 is 0 Å². The number of nitrogens with zero attached hydrogens (tertiary/aromatic N) is 2. The monoisotopic (exact) mass is 475 g/mol. The van der Waals surface area contributed by atoms with Crippen LogP contribution in [0, 0.1) is 0 Å². The van der Waals surface area contributed by atoms with Gasteiger partial charge >= 0.3 is 0 Å². The van der Waals surface area contributed by atoms with Crippen LogP contribution in [0.1, 0.15) is 174 Å². The molecular weight excluding hydrogens is 412 g/mol. The number of aromatic nitrogens is 2. The quantitative estimate of drug-likeness (QED) is 0.0930. The number of hydrogen-bond donors (Lipinski definition) is 0. The molecule has 1 aromatic heterocycles. The molecule has 34 heavy (non-hydrogen) atoms. The summed E-state index contributed by atoms with van der Waals surface area (Å²) in [5, 5.41) is 0. The van der Waals surface area contributed by atoms with Crippen molar-refractivity contribution in [3.8, 4) is 0 Å². The zero-order valence-electron chi connectivity index (χ0n) is 23.9. The van der Waals surface area contributed by atoms with Gasteiger partial charge in [0, 0.05) is 6.42 Å². The third kappa shape index (κ3) is 16.8. The molecule has 1 heterocycles. The Balaban J connectivity index is 2.35. The lowest BCUT2D eigenvalue weighted by atomic mass is 10.1. The minimum Gasteiger partial charge on any atom is -0.234 e. The van der Waals surface area contributed by atoms with Crippen LogP contribution in [0.3, 0.4) is 0 Å². The Hall–Kier alpha value is -0.790. The summed E-state index contributed by atoms with van der Waals surface area (Å²) in [5.41, 5.74) is 0. The molecule has 0 aliphatic rings. The smallest absolute Gasteiger partial charge is 0.234 e. The summed E-state index contributed by atoms with van der Waals surface area (Å²) >= 11 is 0. The van der Waals surface area contributed by atoms with Crippen LogP contribution in [-0.2, 0) is 19.5 Å². The van der Waals surface area contributed by atoms with Crippen molar-refractivity contribution in [3.63, 3.8) is 0 Å². The third-order valence-electron chi connectivity index (χ3n) is 7.60. The summed E-state index contributed by atoms with van der Waals surface area (Å²) in [5.74, 6) is 1.61. The maximum atomic E-state index is 2.61. The minimum absolute atomic E-state index is 1.23. The maximum absolute atomic E-state index is 2.61. The Kier molecular flexibility index (Phi) is 22.0. The van der Waals surface area contributed by atoms with Gasteiger partial charge in [0.05, 0.1) is 13.1 Å². The van der Waals surface area contributed by atoms with E-state index in [4.69, 9.17) is 0 Å². The first-order valence-electron chi connectivity index (χ1n) is 15.9. The lowest BCUT2D eigenvalue weighted by Crippen LogP contribution is -2.37. The topological polar surface area (TPSA) is 8.81 Å². The molecule has 0 radical (unpaired) electrons. The third-order valence-corrected chi connectivity index (χ3v) is 7.60. The van der Waals surface area contributed by atoms with Crippen molar-refractivity contribution < 1.29 is 4.57 Å². The summed E-state index contributed by atoms with van der Waals surface area (Å²) < 4.78 is 5.21. The lowest BCUT2D eigenvalue weighted by Gasteiger charge is -2.07. The molecule has 0 aromatic carbocycles. The van der Waals surface area contributed by atoms with Gasteiger partial charge in [0.25, 0.3) is 5.82 Å². The van der Waals surface area contributed by atoms with Gasteiger partial charge in [-0.25, -0.2) is 9.13 Å². The molecule has 0 unspecified atom stereocenters. The molecule has 0 spiro atoms. The first kappa shape index (κ1) is 31.2. The number of hydrogen-bond acceptors (Lipinski definition) is 0. The molecule has 0 fully saturated rings. The SMILES string of the molecule is CCCCCCCCCCCC[n+]1ccn(CCCCCCCC)c1CCCCCCCCC. The van der Waals surface area contributed by atoms with Crippen LogP contribution >= 0.6 is 0 Å². The number of aryl methyl sites for hydroxylation is 2. The molecule has 1 aromatic rings. The Labute approximate surface area is 215 Å². The zero-order valence-corrected chi connectivity index (χ0v) is 23.9. The normalized spacial score (nSPS) is 11.5. The van der Waals surface area contributed by atoms with Crippen LogP contribution in [-0.4, -0.2) is 4.57 Å². The average molecular weight is 476 g/mol. The van der Waals surface area contributed by atoms with E-state index in [2.05, 4.69) is 42.3 Å². The second-order valence-electron chi connectivity index (χ2n) is 10.9. The summed E-state index contributed by atoms with van der Waals surface area (Å²) in [6, 6.07) is 0. The Morgan fingerprint density at radius 3 is 1.41 bits per heavy atom. The highest BCUT2D eigenvalue weighted by atomic mass is 15.1. The van der Waals surface area contributed by atoms with Crippen molar-refractivity contribution in [2.45, 2.75) is 188 Å². The standard InChI is InChI=1S/C32H63N2/c1-4-7-10-13-16-17-18-20-23-26-29-34-31-30-33(28-25-22-15-12-9-6-3)32(34)27-24-21-19-14-11-8-5-2/h30-31H,4-29H2,1-3H3/q+1. The summed E-state index contributed by atoms with van der Waals surface area (Å²) in [4.78, 5) is 0. The highest BCUT2D eigenvalue weighted by Gasteiger charge is 2.16. The van der Waals surface area contributed by atoms with Crippen molar-refractivity contribution in [2.24, 2.45) is 0 Å². The molecule has 0 aliphatic carbocycles. The van der Waals surface area contributed by atoms with Crippen LogP contribution < -0.4 is 4.57 Å². The van der Waals surface area contributed by atoms with Gasteiger partial charge in [-0.1, -0.05) is 136 Å². The highest BCUT2D eigenvalue weighted by Crippen LogP contribution is 2.13. The minimum atomic E-state index is 1.23. The van der Waals surface area contributed by atoms with Gasteiger partial charge in [0.15, 0.2) is 0 Å². The Morgan fingerprint density at radius 1 is 0.500 bits per heavy atom. The molecule has 0 atom stereocenters. The fraction of sp³-hybridized carbons (Fsp3) is 0.906. The summed E-state index contributed by atoms with van der Waals surface area (Å²) in [6.07, 6.45) is 38.5. The first-order valence-corrected chi connectivity index (χ1v) is 15.9. The average Bonchev–Trinajstić information content (AvgIpc) is 3.23. The molecule has 0 saturated heterocycles. The van der Waals surface area contributed by atoms with Gasteiger partial charge in [0.2, 0.25) is 0 Å². The van der Waals surface area contributed by atoms with Crippen LogP contribution in [0.4, 0.5) is 0 Å². The Morgan fingerprint density at radius 2 is 0.912 bits per heavy atom. The highest BCUT2D eigenvalue weighted by molar-refractivity contribution is 4.84. The Bertz CT molecular complexity index is 533. The first-order chi connectivity index (χ1) is 16.8. The molecule has 2 heteroatoms. The number of unbranched alkanes of at least 4 members (excludes halogenated alkanes) is 20. The number of rotatable bonds is 26. The van der Waals surface area contributed by atoms with E-state index in [9.17, 15) is 0 Å². The number of imidazole rings is 1. The van der Waals surface area contributed by atoms with E-state index in [1.165, 1.54) is 167 Å². The fourth-order valence-corrected chi connectivity index (χ4v) is 5.26. The van der Waals surface area contributed by atoms with Crippen molar-refractivity contribution in [1.82, 2.24) is 4.57 Å². The molecule has 200 valence electrons. The van der Waals surface area contributed by atoms with Gasteiger partial charge in [-0.3, -0.25) is 0 Å². The van der Waals surface area contributed by atoms with E-state index in [1.54, 1.807) is 5.82 Å². The van der Waals surface area contributed by atoms with Crippen LogP contribution in [0.2, 0.25) is 0 Å². The van der Waals surface area contributed by atoms with Crippen LogP contribution in [0.25, 0.3) is 0 Å². The van der Waals surface area contributed by atoms with Gasteiger partial charge in [-0.2, -0.15) is 0 Å². The van der Waals surface area contributed by atoms with Gasteiger partial charge < -0.3 is 0 Å². The van der Waals surface area contributed by atoms with E-state index >= 15 is 0 Å². The maximum Gasteiger partial charge on any atom is 0.256 e. The largest absolute Gasteiger partial charge is 0.256 e. The van der Waals surface area contributed by atoms with Crippen molar-refractivity contribution >= 4 is 0 Å². The zero-order chi connectivity index (χ0) is 24.5. The van der Waals surface area contributed by atoms with Crippen LogP contribution in [0.15, 0.2) is 12.4 Å². The van der Waals surface area contributed by atoms with Crippen molar-refractivity contribution in [2.75, 3.05) is 0 Å². The molecule has 0 N–H and O–H groups in total. The summed E-state index contributed by atoms with van der Waals surface area (Å²) in [6.45, 7) is 9.38. The van der Waals surface area contributed by atoms with E-state index in [-0.39, 0.29) is 0 Å². The second-order valence-corrected chi connectivity index (χ2v) is 10.9. The summed E-state index contributed by atoms with van der Waals surface area (Å²) in [7, 11) is 0. The predicted molar refractivity (Wildman–Crippen MR) is 152 cm³/mol. The molecule has 0 saturated carbocycles. The molecule has 0 amide bonds. The molecule has 0 aliphatic heterocycles. The van der Waals surface area contributed by atoms with E-state index in [0.29, 0.717) is 0 Å². The predicted octanol–water partition coefficient (Wildman–Crippen LogP) is 10.4.